The number of fused-ring (bicyclic) bond motifs is 1. The van der Waals surface area contributed by atoms with Gasteiger partial charge >= 0.3 is 0 Å². The maximum atomic E-state index is 12.9. The number of para-hydroxylation sites is 1. The maximum Gasteiger partial charge on any atom is 0.229 e. The molecule has 2 heterocycles. The number of anilines is 3. The number of carbonyl (C=O) groups is 1. The van der Waals surface area contributed by atoms with Gasteiger partial charge in [-0.3, -0.25) is 4.79 Å². The molecule has 1 aromatic heterocycles. The zero-order valence-corrected chi connectivity index (χ0v) is 14.9. The van der Waals surface area contributed by atoms with Crippen LogP contribution in [0.1, 0.15) is 18.1 Å². The molecule has 1 unspecified atom stereocenters. The summed E-state index contributed by atoms with van der Waals surface area (Å²) in [5.74, 6) is 0.608. The van der Waals surface area contributed by atoms with Crippen LogP contribution in [0.2, 0.25) is 0 Å². The molecular formula is C21H19FN4O. The molecule has 0 saturated heterocycles. The molecule has 6 heteroatoms. The van der Waals surface area contributed by atoms with Crippen LogP contribution >= 0.6 is 0 Å². The standard InChI is InChI=1S/C21H19FN4O/c1-14-12-16-4-2-3-5-18(16)26(14)20-11-10-19(24-25-20)23-21(27)13-15-6-8-17(22)9-7-15/h2-11,14H,12-13H2,1H3,(H,23,24,27). The Balaban J connectivity index is 1.45. The second-order valence-electron chi connectivity index (χ2n) is 6.68. The Morgan fingerprint density at radius 3 is 2.63 bits per heavy atom. The normalized spacial score (nSPS) is 15.5. The number of carbonyl (C=O) groups excluding carboxylic acids is 1. The van der Waals surface area contributed by atoms with Crippen molar-refractivity contribution in [1.82, 2.24) is 10.2 Å². The van der Waals surface area contributed by atoms with Crippen molar-refractivity contribution in [3.05, 3.63) is 77.6 Å². The quantitative estimate of drug-likeness (QED) is 0.765. The fourth-order valence-corrected chi connectivity index (χ4v) is 3.41. The molecule has 27 heavy (non-hydrogen) atoms. The highest BCUT2D eigenvalue weighted by molar-refractivity contribution is 5.91. The van der Waals surface area contributed by atoms with Crippen LogP contribution in [0.5, 0.6) is 0 Å². The molecule has 3 aromatic rings. The van der Waals surface area contributed by atoms with Crippen LogP contribution in [-0.2, 0) is 17.6 Å². The number of nitrogens with one attached hydrogen (secondary N) is 1. The number of halogens is 1. The van der Waals surface area contributed by atoms with Crippen LogP contribution < -0.4 is 10.2 Å². The Kier molecular flexibility index (Phi) is 4.54. The minimum atomic E-state index is -0.321. The summed E-state index contributed by atoms with van der Waals surface area (Å²) in [5, 5.41) is 11.2. The minimum Gasteiger partial charge on any atom is -0.321 e. The van der Waals surface area contributed by atoms with Crippen molar-refractivity contribution >= 4 is 23.2 Å². The first-order valence-electron chi connectivity index (χ1n) is 8.85. The van der Waals surface area contributed by atoms with Gasteiger partial charge in [-0.25, -0.2) is 4.39 Å². The Bertz CT molecular complexity index is 957. The van der Waals surface area contributed by atoms with Crippen molar-refractivity contribution in [1.29, 1.82) is 0 Å². The summed E-state index contributed by atoms with van der Waals surface area (Å²) in [6, 6.07) is 18.0. The smallest absolute Gasteiger partial charge is 0.229 e. The van der Waals surface area contributed by atoms with E-state index in [0.29, 0.717) is 11.9 Å². The van der Waals surface area contributed by atoms with Crippen LogP contribution in [0, 0.1) is 5.82 Å². The van der Waals surface area contributed by atoms with Crippen LogP contribution in [0.25, 0.3) is 0 Å². The van der Waals surface area contributed by atoms with E-state index in [1.165, 1.54) is 17.7 Å². The van der Waals surface area contributed by atoms with Crippen molar-refractivity contribution in [2.75, 3.05) is 10.2 Å². The lowest BCUT2D eigenvalue weighted by Crippen LogP contribution is -2.25. The van der Waals surface area contributed by atoms with Gasteiger partial charge in [-0.2, -0.15) is 0 Å². The lowest BCUT2D eigenvalue weighted by atomic mass is 10.1. The maximum absolute atomic E-state index is 12.9. The van der Waals surface area contributed by atoms with Crippen molar-refractivity contribution in [3.8, 4) is 0 Å². The summed E-state index contributed by atoms with van der Waals surface area (Å²) in [4.78, 5) is 14.3. The van der Waals surface area contributed by atoms with Crippen molar-refractivity contribution < 1.29 is 9.18 Å². The van der Waals surface area contributed by atoms with Crippen LogP contribution in [-0.4, -0.2) is 22.1 Å². The van der Waals surface area contributed by atoms with Gasteiger partial charge in [0.05, 0.1) is 6.42 Å². The third-order valence-electron chi connectivity index (χ3n) is 4.65. The molecule has 1 N–H and O–H groups in total. The molecule has 0 radical (unpaired) electrons. The van der Waals surface area contributed by atoms with Crippen LogP contribution in [0.4, 0.5) is 21.7 Å². The van der Waals surface area contributed by atoms with Gasteiger partial charge in [-0.15, -0.1) is 10.2 Å². The minimum absolute atomic E-state index is 0.153. The number of benzene rings is 2. The zero-order chi connectivity index (χ0) is 18.8. The molecule has 4 rings (SSSR count). The number of aromatic nitrogens is 2. The van der Waals surface area contributed by atoms with Crippen molar-refractivity contribution in [2.24, 2.45) is 0 Å². The molecule has 0 aliphatic carbocycles. The molecule has 1 aliphatic rings. The first kappa shape index (κ1) is 17.1. The van der Waals surface area contributed by atoms with Gasteiger partial charge in [-0.1, -0.05) is 30.3 Å². The van der Waals surface area contributed by atoms with E-state index in [1.807, 2.05) is 18.2 Å². The van der Waals surface area contributed by atoms with E-state index in [-0.39, 0.29) is 18.1 Å². The molecule has 0 fully saturated rings. The average molecular weight is 362 g/mol. The molecule has 136 valence electrons. The highest BCUT2D eigenvalue weighted by Crippen LogP contribution is 2.36. The number of amides is 1. The number of rotatable bonds is 4. The van der Waals surface area contributed by atoms with Gasteiger partial charge in [0.1, 0.15) is 5.82 Å². The van der Waals surface area contributed by atoms with Gasteiger partial charge in [0.25, 0.3) is 0 Å². The molecule has 2 aromatic carbocycles. The molecule has 1 amide bonds. The fraction of sp³-hybridized carbons (Fsp3) is 0.190. The summed E-state index contributed by atoms with van der Waals surface area (Å²) >= 11 is 0. The van der Waals surface area contributed by atoms with Gasteiger partial charge in [-0.05, 0) is 54.8 Å². The van der Waals surface area contributed by atoms with Crippen LogP contribution in [0.3, 0.4) is 0 Å². The van der Waals surface area contributed by atoms with Gasteiger partial charge in [0, 0.05) is 11.7 Å². The van der Waals surface area contributed by atoms with Crippen LogP contribution in [0.15, 0.2) is 60.7 Å². The Morgan fingerprint density at radius 1 is 1.11 bits per heavy atom. The first-order valence-corrected chi connectivity index (χ1v) is 8.85. The summed E-state index contributed by atoms with van der Waals surface area (Å²) in [6.07, 6.45) is 1.12. The fourth-order valence-electron chi connectivity index (χ4n) is 3.41. The summed E-state index contributed by atoms with van der Waals surface area (Å²) in [5.41, 5.74) is 3.18. The van der Waals surface area contributed by atoms with Crippen molar-refractivity contribution in [3.63, 3.8) is 0 Å². The van der Waals surface area contributed by atoms with E-state index in [0.717, 1.165) is 23.5 Å². The number of nitrogens with zero attached hydrogens (tertiary/aromatic N) is 3. The molecule has 0 saturated carbocycles. The van der Waals surface area contributed by atoms with E-state index in [2.05, 4.69) is 39.5 Å². The lowest BCUT2D eigenvalue weighted by molar-refractivity contribution is -0.115. The monoisotopic (exact) mass is 362 g/mol. The Labute approximate surface area is 156 Å². The van der Waals surface area contributed by atoms with Gasteiger partial charge in [0.15, 0.2) is 11.6 Å². The highest BCUT2D eigenvalue weighted by Gasteiger charge is 2.27. The Morgan fingerprint density at radius 2 is 1.89 bits per heavy atom. The second-order valence-corrected chi connectivity index (χ2v) is 6.68. The zero-order valence-electron chi connectivity index (χ0n) is 14.9. The van der Waals surface area contributed by atoms with E-state index >= 15 is 0 Å². The molecule has 0 spiro atoms. The highest BCUT2D eigenvalue weighted by atomic mass is 19.1. The predicted molar refractivity (Wildman–Crippen MR) is 103 cm³/mol. The van der Waals surface area contributed by atoms with E-state index in [9.17, 15) is 9.18 Å². The lowest BCUT2D eigenvalue weighted by Gasteiger charge is -2.23. The van der Waals surface area contributed by atoms with E-state index in [4.69, 9.17) is 0 Å². The molecule has 0 bridgehead atoms. The number of hydrogen-bond acceptors (Lipinski definition) is 4. The van der Waals surface area contributed by atoms with Gasteiger partial charge < -0.3 is 10.2 Å². The summed E-state index contributed by atoms with van der Waals surface area (Å²) in [7, 11) is 0. The van der Waals surface area contributed by atoms with Crippen molar-refractivity contribution in [2.45, 2.75) is 25.8 Å². The average Bonchev–Trinajstić information content (AvgIpc) is 3.00. The molecule has 1 atom stereocenters. The molecule has 1 aliphatic heterocycles. The largest absolute Gasteiger partial charge is 0.321 e. The van der Waals surface area contributed by atoms with E-state index < -0.39 is 0 Å². The third-order valence-corrected chi connectivity index (χ3v) is 4.65. The molecular weight excluding hydrogens is 343 g/mol. The van der Waals surface area contributed by atoms with Gasteiger partial charge in [0.2, 0.25) is 5.91 Å². The predicted octanol–water partition coefficient (Wildman–Crippen LogP) is 3.88. The molecule has 5 nitrogen and oxygen atoms in total. The number of hydrogen-bond donors (Lipinski definition) is 1. The first-order chi connectivity index (χ1) is 13.1. The van der Waals surface area contributed by atoms with E-state index in [1.54, 1.807) is 18.2 Å². The summed E-state index contributed by atoms with van der Waals surface area (Å²) < 4.78 is 12.9. The SMILES string of the molecule is CC1Cc2ccccc2N1c1ccc(NC(=O)Cc2ccc(F)cc2)nn1. The summed E-state index contributed by atoms with van der Waals surface area (Å²) in [6.45, 7) is 2.15. The Hall–Kier alpha value is -3.28. The third kappa shape index (κ3) is 3.65. The topological polar surface area (TPSA) is 58.1 Å². The second kappa shape index (κ2) is 7.15.